The molecule has 0 saturated heterocycles. The molecule has 1 aliphatic heterocycles. The van der Waals surface area contributed by atoms with Crippen molar-refractivity contribution in [2.45, 2.75) is 6.17 Å². The van der Waals surface area contributed by atoms with Crippen molar-refractivity contribution in [3.63, 3.8) is 0 Å². The van der Waals surface area contributed by atoms with E-state index in [1.54, 1.807) is 0 Å². The molecule has 1 atom stereocenters. The van der Waals surface area contributed by atoms with Gasteiger partial charge in [0, 0.05) is 27.3 Å². The standard InChI is InChI=1S/C47H32N4/c1-3-14-33(15-4-1)45-48-46(34-16-5-2-6-17-34)50-47(49-45)37-20-11-19-35(29-37)36-26-25-32-27-28-43-44(40(32)30-36)39-22-9-10-23-42(39)51(43)41-24-12-18-31-13-7-8-21-38(31)41/h1-30,45H,(H,48,49,50). The van der Waals surface area contributed by atoms with Crippen molar-refractivity contribution in [3.05, 3.63) is 199 Å². The number of aromatic nitrogens is 1. The Bertz CT molecular complexity index is 2820. The first kappa shape index (κ1) is 29.2. The van der Waals surface area contributed by atoms with Gasteiger partial charge in [0.05, 0.1) is 16.7 Å². The lowest BCUT2D eigenvalue weighted by atomic mass is 9.97. The molecule has 51 heavy (non-hydrogen) atoms. The summed E-state index contributed by atoms with van der Waals surface area (Å²) in [6.45, 7) is 0. The maximum absolute atomic E-state index is 5.13. The van der Waals surface area contributed by atoms with Gasteiger partial charge in [-0.25, -0.2) is 9.98 Å². The van der Waals surface area contributed by atoms with Gasteiger partial charge in [0.25, 0.3) is 0 Å². The van der Waals surface area contributed by atoms with Crippen molar-refractivity contribution in [1.82, 2.24) is 9.88 Å². The highest BCUT2D eigenvalue weighted by Gasteiger charge is 2.21. The summed E-state index contributed by atoms with van der Waals surface area (Å²) in [5, 5.41) is 11.0. The number of hydrogen-bond donors (Lipinski definition) is 1. The van der Waals surface area contributed by atoms with Crippen LogP contribution in [0.5, 0.6) is 0 Å². The second-order valence-electron chi connectivity index (χ2n) is 13.1. The van der Waals surface area contributed by atoms with Crippen LogP contribution in [0.15, 0.2) is 192 Å². The Labute approximate surface area is 295 Å². The zero-order valence-corrected chi connectivity index (χ0v) is 27.7. The average molecular weight is 653 g/mol. The number of fused-ring (bicyclic) bond motifs is 6. The molecule has 4 nitrogen and oxygen atoms in total. The smallest absolute Gasteiger partial charge is 0.159 e. The van der Waals surface area contributed by atoms with E-state index in [4.69, 9.17) is 9.98 Å². The topological polar surface area (TPSA) is 41.7 Å². The normalized spacial score (nSPS) is 14.5. The second kappa shape index (κ2) is 12.0. The maximum atomic E-state index is 5.13. The number of benzene rings is 8. The van der Waals surface area contributed by atoms with Gasteiger partial charge in [0.2, 0.25) is 0 Å². The molecule has 1 aromatic heterocycles. The number of rotatable bonds is 5. The lowest BCUT2D eigenvalue weighted by Gasteiger charge is -2.23. The Morgan fingerprint density at radius 2 is 1.10 bits per heavy atom. The number of hydrogen-bond acceptors (Lipinski definition) is 3. The first-order chi connectivity index (χ1) is 25.3. The Morgan fingerprint density at radius 1 is 0.451 bits per heavy atom. The summed E-state index contributed by atoms with van der Waals surface area (Å²) in [6.07, 6.45) is -0.245. The average Bonchev–Trinajstić information content (AvgIpc) is 3.55. The van der Waals surface area contributed by atoms with E-state index in [2.05, 4.69) is 168 Å². The van der Waals surface area contributed by atoms with Crippen LogP contribution in [-0.2, 0) is 0 Å². The fourth-order valence-electron chi connectivity index (χ4n) is 7.59. The molecule has 1 unspecified atom stereocenters. The van der Waals surface area contributed by atoms with Crippen molar-refractivity contribution in [2.24, 2.45) is 9.98 Å². The van der Waals surface area contributed by atoms with Gasteiger partial charge >= 0.3 is 0 Å². The predicted octanol–water partition coefficient (Wildman–Crippen LogP) is 11.3. The lowest BCUT2D eigenvalue weighted by Crippen LogP contribution is -2.33. The van der Waals surface area contributed by atoms with Crippen LogP contribution in [0.1, 0.15) is 22.9 Å². The Morgan fingerprint density at radius 3 is 1.98 bits per heavy atom. The molecule has 1 aliphatic rings. The molecule has 0 aliphatic carbocycles. The van der Waals surface area contributed by atoms with Crippen molar-refractivity contribution in [2.75, 3.05) is 0 Å². The highest BCUT2D eigenvalue weighted by molar-refractivity contribution is 6.22. The van der Waals surface area contributed by atoms with Gasteiger partial charge in [-0.15, -0.1) is 0 Å². The zero-order chi connectivity index (χ0) is 33.7. The summed E-state index contributed by atoms with van der Waals surface area (Å²) >= 11 is 0. The molecular formula is C47H32N4. The summed E-state index contributed by atoms with van der Waals surface area (Å²) in [4.78, 5) is 10.2. The van der Waals surface area contributed by atoms with Gasteiger partial charge in [-0.1, -0.05) is 152 Å². The van der Waals surface area contributed by atoms with Crippen LogP contribution in [-0.4, -0.2) is 16.2 Å². The minimum atomic E-state index is -0.245. The van der Waals surface area contributed by atoms with E-state index < -0.39 is 0 Å². The molecule has 0 amide bonds. The molecule has 0 spiro atoms. The molecule has 0 bridgehead atoms. The first-order valence-corrected chi connectivity index (χ1v) is 17.4. The molecule has 0 fully saturated rings. The summed E-state index contributed by atoms with van der Waals surface area (Å²) in [5.74, 6) is 1.53. The van der Waals surface area contributed by atoms with Crippen LogP contribution < -0.4 is 5.32 Å². The van der Waals surface area contributed by atoms with E-state index in [0.717, 1.165) is 33.7 Å². The lowest BCUT2D eigenvalue weighted by molar-refractivity contribution is 0.674. The summed E-state index contributed by atoms with van der Waals surface area (Å²) < 4.78 is 2.43. The SMILES string of the molecule is c1ccc(C2=NC(c3cccc(-c4ccc5ccc6c(c5c4)c4ccccc4n6-c4cccc5ccccc45)c3)=NC(c3ccccc3)N2)cc1. The number of aliphatic imine (C=N–C) groups is 2. The molecule has 2 heterocycles. The van der Waals surface area contributed by atoms with Crippen LogP contribution in [0, 0.1) is 0 Å². The van der Waals surface area contributed by atoms with Gasteiger partial charge in [-0.3, -0.25) is 0 Å². The quantitative estimate of drug-likeness (QED) is 0.197. The Hall–Kier alpha value is -6.78. The molecule has 240 valence electrons. The minimum Gasteiger partial charge on any atom is -0.344 e. The van der Waals surface area contributed by atoms with Crippen molar-refractivity contribution in [1.29, 1.82) is 0 Å². The van der Waals surface area contributed by atoms with Gasteiger partial charge < -0.3 is 9.88 Å². The summed E-state index contributed by atoms with van der Waals surface area (Å²) in [6, 6.07) is 64.6. The van der Waals surface area contributed by atoms with Gasteiger partial charge in [0.15, 0.2) is 5.84 Å². The van der Waals surface area contributed by atoms with Crippen molar-refractivity contribution < 1.29 is 0 Å². The van der Waals surface area contributed by atoms with E-state index >= 15 is 0 Å². The monoisotopic (exact) mass is 652 g/mol. The van der Waals surface area contributed by atoms with Gasteiger partial charge in [0.1, 0.15) is 12.0 Å². The molecular weight excluding hydrogens is 621 g/mol. The van der Waals surface area contributed by atoms with Crippen molar-refractivity contribution >= 4 is 55.0 Å². The highest BCUT2D eigenvalue weighted by atomic mass is 15.2. The third-order valence-electron chi connectivity index (χ3n) is 10.0. The van der Waals surface area contributed by atoms with Crippen LogP contribution in [0.3, 0.4) is 0 Å². The van der Waals surface area contributed by atoms with Crippen LogP contribution in [0.25, 0.3) is 60.2 Å². The Kier molecular flexibility index (Phi) is 6.85. The van der Waals surface area contributed by atoms with E-state index in [1.165, 1.54) is 49.0 Å². The van der Waals surface area contributed by atoms with E-state index in [0.29, 0.717) is 5.84 Å². The third kappa shape index (κ3) is 5.00. The van der Waals surface area contributed by atoms with Crippen molar-refractivity contribution in [3.8, 4) is 16.8 Å². The van der Waals surface area contributed by atoms with Crippen LogP contribution in [0.4, 0.5) is 0 Å². The predicted molar refractivity (Wildman–Crippen MR) is 213 cm³/mol. The molecule has 10 rings (SSSR count). The molecule has 9 aromatic rings. The molecule has 0 radical (unpaired) electrons. The largest absolute Gasteiger partial charge is 0.344 e. The van der Waals surface area contributed by atoms with Crippen LogP contribution in [0.2, 0.25) is 0 Å². The number of nitrogens with one attached hydrogen (secondary N) is 1. The summed E-state index contributed by atoms with van der Waals surface area (Å²) in [5.41, 5.74) is 8.97. The second-order valence-corrected chi connectivity index (χ2v) is 13.1. The number of amidine groups is 2. The number of nitrogens with zero attached hydrogens (tertiary/aromatic N) is 3. The van der Waals surface area contributed by atoms with Crippen LogP contribution >= 0.6 is 0 Å². The molecule has 4 heteroatoms. The number of para-hydroxylation sites is 1. The first-order valence-electron chi connectivity index (χ1n) is 17.4. The highest BCUT2D eigenvalue weighted by Crippen LogP contribution is 2.39. The summed E-state index contributed by atoms with van der Waals surface area (Å²) in [7, 11) is 0. The minimum absolute atomic E-state index is 0.245. The maximum Gasteiger partial charge on any atom is 0.159 e. The van der Waals surface area contributed by atoms with E-state index in [1.807, 2.05) is 24.3 Å². The molecule has 0 saturated carbocycles. The Balaban J connectivity index is 1.13. The molecule has 1 N–H and O–H groups in total. The van der Waals surface area contributed by atoms with Gasteiger partial charge in [-0.2, -0.15) is 0 Å². The fraction of sp³-hybridized carbons (Fsp3) is 0.0213. The van der Waals surface area contributed by atoms with E-state index in [-0.39, 0.29) is 6.17 Å². The molecule has 8 aromatic carbocycles. The fourth-order valence-corrected chi connectivity index (χ4v) is 7.59. The zero-order valence-electron chi connectivity index (χ0n) is 27.7. The van der Waals surface area contributed by atoms with Gasteiger partial charge in [-0.05, 0) is 63.2 Å². The third-order valence-corrected chi connectivity index (χ3v) is 10.0. The van der Waals surface area contributed by atoms with E-state index in [9.17, 15) is 0 Å².